The van der Waals surface area contributed by atoms with Crippen LogP contribution in [0.1, 0.15) is 27.8 Å². The first kappa shape index (κ1) is 20.7. The zero-order valence-electron chi connectivity index (χ0n) is 18.3. The molecule has 2 heterocycles. The van der Waals surface area contributed by atoms with Crippen LogP contribution < -0.4 is 10.9 Å². The van der Waals surface area contributed by atoms with Crippen molar-refractivity contribution in [3.8, 4) is 0 Å². The molecule has 3 aromatic carbocycles. The summed E-state index contributed by atoms with van der Waals surface area (Å²) >= 11 is 0. The summed E-state index contributed by atoms with van der Waals surface area (Å²) in [6, 6.07) is 23.0. The minimum Gasteiger partial charge on any atom is -0.422 e. The Balaban J connectivity index is 1.64. The monoisotopic (exact) mass is 438 g/mol. The molecule has 0 aliphatic carbocycles. The SMILES string of the molecule is Cc1ccc2c(CN3C(=O)NC(c4ccccc4)(c4ccccc4)C3=O)cc(=O)oc2c1C. The predicted molar refractivity (Wildman–Crippen MR) is 125 cm³/mol. The van der Waals surface area contributed by atoms with Gasteiger partial charge in [-0.2, -0.15) is 0 Å². The smallest absolute Gasteiger partial charge is 0.336 e. The Morgan fingerprint density at radius 1 is 0.848 bits per heavy atom. The number of nitrogens with one attached hydrogen (secondary N) is 1. The van der Waals surface area contributed by atoms with Crippen LogP contribution in [0.5, 0.6) is 0 Å². The van der Waals surface area contributed by atoms with E-state index in [1.807, 2.05) is 86.6 Å². The highest BCUT2D eigenvalue weighted by molar-refractivity contribution is 6.09. The Labute approximate surface area is 190 Å². The van der Waals surface area contributed by atoms with Gasteiger partial charge in [0.05, 0.1) is 6.54 Å². The van der Waals surface area contributed by atoms with E-state index in [-0.39, 0.29) is 6.54 Å². The molecule has 4 aromatic rings. The summed E-state index contributed by atoms with van der Waals surface area (Å²) in [7, 11) is 0. The van der Waals surface area contributed by atoms with Crippen molar-refractivity contribution in [3.63, 3.8) is 0 Å². The van der Waals surface area contributed by atoms with Crippen LogP contribution in [0.25, 0.3) is 11.0 Å². The molecule has 33 heavy (non-hydrogen) atoms. The molecule has 0 atom stereocenters. The summed E-state index contributed by atoms with van der Waals surface area (Å²) in [5.74, 6) is -0.393. The topological polar surface area (TPSA) is 79.6 Å². The van der Waals surface area contributed by atoms with Gasteiger partial charge in [-0.15, -0.1) is 0 Å². The third-order valence-corrected chi connectivity index (χ3v) is 6.37. The molecule has 1 N–H and O–H groups in total. The zero-order valence-corrected chi connectivity index (χ0v) is 18.3. The molecule has 1 aliphatic heterocycles. The number of hydrogen-bond donors (Lipinski definition) is 1. The second kappa shape index (κ2) is 7.74. The molecule has 1 aromatic heterocycles. The summed E-state index contributed by atoms with van der Waals surface area (Å²) in [5, 5.41) is 3.64. The fourth-order valence-corrected chi connectivity index (χ4v) is 4.48. The van der Waals surface area contributed by atoms with Gasteiger partial charge in [-0.3, -0.25) is 9.69 Å². The molecule has 0 saturated carbocycles. The van der Waals surface area contributed by atoms with Gasteiger partial charge in [-0.25, -0.2) is 9.59 Å². The number of imide groups is 1. The molecule has 0 radical (unpaired) electrons. The molecule has 6 nitrogen and oxygen atoms in total. The molecule has 5 rings (SSSR count). The third-order valence-electron chi connectivity index (χ3n) is 6.37. The first-order valence-corrected chi connectivity index (χ1v) is 10.7. The van der Waals surface area contributed by atoms with Crippen LogP contribution in [-0.4, -0.2) is 16.8 Å². The van der Waals surface area contributed by atoms with Crippen molar-refractivity contribution in [3.05, 3.63) is 117 Å². The average molecular weight is 438 g/mol. The fourth-order valence-electron chi connectivity index (χ4n) is 4.48. The maximum Gasteiger partial charge on any atom is 0.336 e. The Morgan fingerprint density at radius 3 is 2.06 bits per heavy atom. The van der Waals surface area contributed by atoms with E-state index in [0.29, 0.717) is 27.7 Å². The Hall–Kier alpha value is -4.19. The van der Waals surface area contributed by atoms with E-state index in [4.69, 9.17) is 4.42 Å². The molecule has 164 valence electrons. The van der Waals surface area contributed by atoms with Crippen molar-refractivity contribution in [2.24, 2.45) is 0 Å². The number of hydrogen-bond acceptors (Lipinski definition) is 4. The molecular weight excluding hydrogens is 416 g/mol. The van der Waals surface area contributed by atoms with Crippen molar-refractivity contribution in [1.29, 1.82) is 0 Å². The molecule has 0 bridgehead atoms. The van der Waals surface area contributed by atoms with E-state index >= 15 is 0 Å². The van der Waals surface area contributed by atoms with Crippen molar-refractivity contribution in [1.82, 2.24) is 10.2 Å². The van der Waals surface area contributed by atoms with E-state index in [1.54, 1.807) is 0 Å². The van der Waals surface area contributed by atoms with Gasteiger partial charge in [-0.05, 0) is 41.7 Å². The molecule has 1 aliphatic rings. The molecule has 3 amide bonds. The molecule has 0 spiro atoms. The van der Waals surface area contributed by atoms with Crippen molar-refractivity contribution < 1.29 is 14.0 Å². The van der Waals surface area contributed by atoms with Gasteiger partial charge in [0.25, 0.3) is 5.91 Å². The van der Waals surface area contributed by atoms with Crippen LogP contribution in [-0.2, 0) is 16.9 Å². The summed E-state index contributed by atoms with van der Waals surface area (Å²) in [4.78, 5) is 40.6. The first-order valence-electron chi connectivity index (χ1n) is 10.7. The number of fused-ring (bicyclic) bond motifs is 1. The third kappa shape index (κ3) is 3.22. The van der Waals surface area contributed by atoms with Crippen LogP contribution in [0.2, 0.25) is 0 Å². The highest BCUT2D eigenvalue weighted by Gasteiger charge is 2.53. The van der Waals surface area contributed by atoms with E-state index in [1.165, 1.54) is 11.0 Å². The number of benzene rings is 3. The van der Waals surface area contributed by atoms with Crippen LogP contribution in [0.15, 0.2) is 88.1 Å². The number of aryl methyl sites for hydroxylation is 2. The quantitative estimate of drug-likeness (QED) is 0.378. The highest BCUT2D eigenvalue weighted by Crippen LogP contribution is 2.37. The minimum atomic E-state index is -1.35. The number of carbonyl (C=O) groups is 2. The van der Waals surface area contributed by atoms with Crippen LogP contribution in [0.3, 0.4) is 0 Å². The number of nitrogens with zero attached hydrogens (tertiary/aromatic N) is 1. The second-order valence-electron chi connectivity index (χ2n) is 8.28. The van der Waals surface area contributed by atoms with Gasteiger partial charge in [0.1, 0.15) is 5.58 Å². The number of amides is 3. The normalized spacial score (nSPS) is 15.2. The van der Waals surface area contributed by atoms with Crippen LogP contribution in [0, 0.1) is 13.8 Å². The standard InChI is InChI=1S/C27H22N2O4/c1-17-13-14-22-19(15-23(30)33-24(22)18(17)2)16-29-25(31)27(28-26(29)32,20-9-5-3-6-10-20)21-11-7-4-8-12-21/h3-15H,16H2,1-2H3,(H,28,32). The van der Waals surface area contributed by atoms with E-state index < -0.39 is 23.1 Å². The lowest BCUT2D eigenvalue weighted by atomic mass is 9.82. The highest BCUT2D eigenvalue weighted by atomic mass is 16.4. The summed E-state index contributed by atoms with van der Waals surface area (Å²) in [5.41, 5.74) is 2.35. The zero-order chi connectivity index (χ0) is 23.2. The molecule has 0 unspecified atom stereocenters. The molecular formula is C27H22N2O4. The number of rotatable bonds is 4. The Morgan fingerprint density at radius 2 is 1.45 bits per heavy atom. The maximum absolute atomic E-state index is 13.9. The van der Waals surface area contributed by atoms with Crippen LogP contribution in [0.4, 0.5) is 4.79 Å². The van der Waals surface area contributed by atoms with Gasteiger partial charge in [0.15, 0.2) is 5.54 Å². The molecule has 1 saturated heterocycles. The Bertz CT molecular complexity index is 1400. The second-order valence-corrected chi connectivity index (χ2v) is 8.28. The lowest BCUT2D eigenvalue weighted by Gasteiger charge is -2.28. The van der Waals surface area contributed by atoms with Gasteiger partial charge in [0.2, 0.25) is 0 Å². The van der Waals surface area contributed by atoms with Crippen molar-refractivity contribution in [2.75, 3.05) is 0 Å². The van der Waals surface area contributed by atoms with Gasteiger partial charge >= 0.3 is 11.7 Å². The van der Waals surface area contributed by atoms with Gasteiger partial charge < -0.3 is 9.73 Å². The van der Waals surface area contributed by atoms with Gasteiger partial charge in [0, 0.05) is 11.5 Å². The largest absolute Gasteiger partial charge is 0.422 e. The van der Waals surface area contributed by atoms with Crippen LogP contribution >= 0.6 is 0 Å². The van der Waals surface area contributed by atoms with Crippen molar-refractivity contribution in [2.45, 2.75) is 25.9 Å². The van der Waals surface area contributed by atoms with Crippen molar-refractivity contribution >= 4 is 22.9 Å². The van der Waals surface area contributed by atoms with Gasteiger partial charge in [-0.1, -0.05) is 72.8 Å². The minimum absolute atomic E-state index is 0.0450. The molecule has 6 heteroatoms. The van der Waals surface area contributed by atoms with E-state index in [9.17, 15) is 14.4 Å². The maximum atomic E-state index is 13.9. The lowest BCUT2D eigenvalue weighted by Crippen LogP contribution is -2.45. The summed E-state index contributed by atoms with van der Waals surface area (Å²) in [6.07, 6.45) is 0. The van der Waals surface area contributed by atoms with E-state index in [2.05, 4.69) is 5.32 Å². The lowest BCUT2D eigenvalue weighted by molar-refractivity contribution is -0.130. The molecule has 1 fully saturated rings. The first-order chi connectivity index (χ1) is 15.9. The number of carbonyl (C=O) groups excluding carboxylic acids is 2. The van der Waals surface area contributed by atoms with E-state index in [0.717, 1.165) is 11.1 Å². The number of urea groups is 1. The predicted octanol–water partition coefficient (Wildman–Crippen LogP) is 4.41. The Kier molecular flexibility index (Phi) is 4.86. The summed E-state index contributed by atoms with van der Waals surface area (Å²) < 4.78 is 5.45. The summed E-state index contributed by atoms with van der Waals surface area (Å²) in [6.45, 7) is 3.78. The fraction of sp³-hybridized carbons (Fsp3) is 0.148. The average Bonchev–Trinajstić information content (AvgIpc) is 3.08.